The number of nitrogens with zero attached hydrogens (tertiary/aromatic N) is 5. The summed E-state index contributed by atoms with van der Waals surface area (Å²) in [5.74, 6) is 0.223. The average molecular weight is 458 g/mol. The summed E-state index contributed by atoms with van der Waals surface area (Å²) in [5, 5.41) is 8.56. The Kier molecular flexibility index (Phi) is 6.74. The Morgan fingerprint density at radius 3 is 2.48 bits per heavy atom. The molecule has 1 amide bonds. The Hall–Kier alpha value is -2.22. The van der Waals surface area contributed by atoms with Crippen LogP contribution in [0.3, 0.4) is 0 Å². The van der Waals surface area contributed by atoms with Crippen LogP contribution >= 0.6 is 22.9 Å². The summed E-state index contributed by atoms with van der Waals surface area (Å²) in [4.78, 5) is 22.3. The molecule has 0 atom stereocenters. The number of hydrogen-bond donors (Lipinski definition) is 0. The molecule has 0 spiro atoms. The summed E-state index contributed by atoms with van der Waals surface area (Å²) in [6, 6.07) is 7.54. The Morgan fingerprint density at radius 1 is 1.16 bits per heavy atom. The van der Waals surface area contributed by atoms with Crippen LogP contribution in [0.4, 0.5) is 0 Å². The van der Waals surface area contributed by atoms with E-state index in [1.54, 1.807) is 17.5 Å². The monoisotopic (exact) mass is 457 g/mol. The molecule has 4 rings (SSSR count). The molecule has 0 unspecified atom stereocenters. The summed E-state index contributed by atoms with van der Waals surface area (Å²) in [5.41, 5.74) is 3.66. The fourth-order valence-electron chi connectivity index (χ4n) is 3.96. The Labute approximate surface area is 192 Å². The van der Waals surface area contributed by atoms with Crippen LogP contribution in [0, 0.1) is 0 Å². The first kappa shape index (κ1) is 22.0. The van der Waals surface area contributed by atoms with Gasteiger partial charge in [0.05, 0.1) is 33.8 Å². The van der Waals surface area contributed by atoms with Crippen molar-refractivity contribution in [3.63, 3.8) is 0 Å². The van der Waals surface area contributed by atoms with Crippen molar-refractivity contribution in [2.75, 3.05) is 26.2 Å². The van der Waals surface area contributed by atoms with Crippen molar-refractivity contribution in [3.8, 4) is 5.69 Å². The van der Waals surface area contributed by atoms with Crippen molar-refractivity contribution in [2.45, 2.75) is 39.7 Å². The number of aromatic nitrogens is 3. The predicted octanol–water partition coefficient (Wildman–Crippen LogP) is 4.63. The zero-order valence-electron chi connectivity index (χ0n) is 18.2. The van der Waals surface area contributed by atoms with Gasteiger partial charge in [0.25, 0.3) is 5.91 Å². The van der Waals surface area contributed by atoms with Gasteiger partial charge in [0, 0.05) is 43.1 Å². The van der Waals surface area contributed by atoms with Crippen LogP contribution in [0.1, 0.15) is 53.4 Å². The van der Waals surface area contributed by atoms with Crippen LogP contribution in [0.15, 0.2) is 35.8 Å². The lowest BCUT2D eigenvalue weighted by Gasteiger charge is -2.34. The van der Waals surface area contributed by atoms with E-state index in [0.717, 1.165) is 43.1 Å². The second kappa shape index (κ2) is 9.51. The zero-order chi connectivity index (χ0) is 22.0. The van der Waals surface area contributed by atoms with Gasteiger partial charge in [0.15, 0.2) is 0 Å². The molecule has 0 bridgehead atoms. The Balaban J connectivity index is 1.45. The van der Waals surface area contributed by atoms with Crippen molar-refractivity contribution >= 4 is 28.8 Å². The van der Waals surface area contributed by atoms with Gasteiger partial charge in [-0.15, -0.1) is 11.3 Å². The van der Waals surface area contributed by atoms with Crippen LogP contribution in [0.5, 0.6) is 0 Å². The van der Waals surface area contributed by atoms with Gasteiger partial charge < -0.3 is 4.90 Å². The lowest BCUT2D eigenvalue weighted by molar-refractivity contribution is 0.0625. The molecule has 6 nitrogen and oxygen atoms in total. The quantitative estimate of drug-likeness (QED) is 0.541. The van der Waals surface area contributed by atoms with E-state index in [0.29, 0.717) is 23.7 Å². The Bertz CT molecular complexity index is 1030. The second-order valence-corrected chi connectivity index (χ2v) is 9.52. The van der Waals surface area contributed by atoms with E-state index in [9.17, 15) is 4.79 Å². The third-order valence-electron chi connectivity index (χ3n) is 5.60. The summed E-state index contributed by atoms with van der Waals surface area (Å²) >= 11 is 7.76. The molecule has 164 valence electrons. The number of halogens is 1. The van der Waals surface area contributed by atoms with Gasteiger partial charge in [-0.3, -0.25) is 9.69 Å². The van der Waals surface area contributed by atoms with Gasteiger partial charge >= 0.3 is 0 Å². The van der Waals surface area contributed by atoms with Crippen LogP contribution in [0.25, 0.3) is 5.69 Å². The third-order valence-corrected chi connectivity index (χ3v) is 6.90. The lowest BCUT2D eigenvalue weighted by atomic mass is 10.0. The molecule has 1 aliphatic rings. The second-order valence-electron chi connectivity index (χ2n) is 8.14. The highest BCUT2D eigenvalue weighted by atomic mass is 35.5. The third kappa shape index (κ3) is 4.84. The van der Waals surface area contributed by atoms with E-state index in [1.807, 2.05) is 33.8 Å². The topological polar surface area (TPSA) is 54.3 Å². The summed E-state index contributed by atoms with van der Waals surface area (Å²) in [6.45, 7) is 10.3. The summed E-state index contributed by atoms with van der Waals surface area (Å²) < 4.78 is 1.86. The highest BCUT2D eigenvalue weighted by molar-refractivity contribution is 7.09. The number of hydrogen-bond acceptors (Lipinski definition) is 5. The smallest absolute Gasteiger partial charge is 0.257 e. The van der Waals surface area contributed by atoms with Gasteiger partial charge in [-0.05, 0) is 36.6 Å². The van der Waals surface area contributed by atoms with E-state index in [4.69, 9.17) is 11.6 Å². The maximum absolute atomic E-state index is 13.4. The highest BCUT2D eigenvalue weighted by Gasteiger charge is 2.27. The Morgan fingerprint density at radius 2 is 1.87 bits per heavy atom. The van der Waals surface area contributed by atoms with Crippen LogP contribution < -0.4 is 0 Å². The molecule has 3 heterocycles. The van der Waals surface area contributed by atoms with E-state index in [1.165, 1.54) is 5.01 Å². The molecule has 1 aliphatic heterocycles. The minimum absolute atomic E-state index is 0.0606. The molecule has 31 heavy (non-hydrogen) atoms. The van der Waals surface area contributed by atoms with E-state index >= 15 is 0 Å². The van der Waals surface area contributed by atoms with Crippen molar-refractivity contribution in [1.82, 2.24) is 24.6 Å². The number of carbonyl (C=O) groups excluding carboxylic acids is 1. The molecule has 0 N–H and O–H groups in total. The van der Waals surface area contributed by atoms with Gasteiger partial charge in [-0.2, -0.15) is 5.10 Å². The molecule has 0 aliphatic carbocycles. The average Bonchev–Trinajstić information content (AvgIpc) is 3.41. The van der Waals surface area contributed by atoms with Crippen molar-refractivity contribution in [2.24, 2.45) is 0 Å². The SMILES string of the molecule is CCc1nc(CN2CCN(C(=O)c3cnn(-c4ccc(Cl)cc4)c3C(C)C)CC2)cs1. The van der Waals surface area contributed by atoms with Gasteiger partial charge in [0.1, 0.15) is 0 Å². The van der Waals surface area contributed by atoms with Gasteiger partial charge in [-0.1, -0.05) is 32.4 Å². The molecule has 2 aromatic heterocycles. The molecule has 3 aromatic rings. The first-order chi connectivity index (χ1) is 15.0. The molecule has 8 heteroatoms. The number of carbonyl (C=O) groups is 1. The van der Waals surface area contributed by atoms with Crippen LogP contribution in [0.2, 0.25) is 5.02 Å². The highest BCUT2D eigenvalue weighted by Crippen LogP contribution is 2.25. The number of amides is 1. The first-order valence-electron chi connectivity index (χ1n) is 10.7. The molecule has 0 radical (unpaired) electrons. The van der Waals surface area contributed by atoms with Gasteiger partial charge in [0.2, 0.25) is 0 Å². The number of rotatable bonds is 6. The molecule has 0 saturated carbocycles. The molecule has 1 fully saturated rings. The van der Waals surface area contributed by atoms with E-state index < -0.39 is 0 Å². The van der Waals surface area contributed by atoms with Crippen molar-refractivity contribution in [3.05, 3.63) is 62.8 Å². The van der Waals surface area contributed by atoms with E-state index in [-0.39, 0.29) is 11.8 Å². The summed E-state index contributed by atoms with van der Waals surface area (Å²) in [6.07, 6.45) is 2.69. The zero-order valence-corrected chi connectivity index (χ0v) is 19.8. The minimum Gasteiger partial charge on any atom is -0.336 e. The number of aryl methyl sites for hydroxylation is 1. The molecular formula is C23H28ClN5OS. The fraction of sp³-hybridized carbons (Fsp3) is 0.435. The largest absolute Gasteiger partial charge is 0.336 e. The van der Waals surface area contributed by atoms with Gasteiger partial charge in [-0.25, -0.2) is 9.67 Å². The van der Waals surface area contributed by atoms with Crippen molar-refractivity contribution in [1.29, 1.82) is 0 Å². The predicted molar refractivity (Wildman–Crippen MR) is 125 cm³/mol. The fourth-order valence-corrected chi connectivity index (χ4v) is 4.82. The maximum Gasteiger partial charge on any atom is 0.257 e. The maximum atomic E-state index is 13.4. The normalized spacial score (nSPS) is 15.1. The van der Waals surface area contributed by atoms with E-state index in [2.05, 4.69) is 41.1 Å². The lowest BCUT2D eigenvalue weighted by Crippen LogP contribution is -2.48. The minimum atomic E-state index is 0.0606. The first-order valence-corrected chi connectivity index (χ1v) is 12.0. The standard InChI is InChI=1S/C23H28ClN5OS/c1-4-21-26-18(15-31-21)14-27-9-11-28(12-10-27)23(30)20-13-25-29(22(20)16(2)3)19-7-5-17(24)6-8-19/h5-8,13,15-16H,4,9-12,14H2,1-3H3. The summed E-state index contributed by atoms with van der Waals surface area (Å²) in [7, 11) is 0. The molecule has 1 aromatic carbocycles. The number of piperazine rings is 1. The number of benzene rings is 1. The van der Waals surface area contributed by atoms with Crippen molar-refractivity contribution < 1.29 is 4.79 Å². The van der Waals surface area contributed by atoms with Crippen LogP contribution in [-0.2, 0) is 13.0 Å². The van der Waals surface area contributed by atoms with Crippen LogP contribution in [-0.4, -0.2) is 56.7 Å². The molecular weight excluding hydrogens is 430 g/mol. The number of thiazole rings is 1. The molecule has 1 saturated heterocycles.